The number of hydrogen-bond donors (Lipinski definition) is 3. The Morgan fingerprint density at radius 2 is 1.32 bits per heavy atom. The van der Waals surface area contributed by atoms with E-state index in [1.807, 2.05) is 6.92 Å². The Kier molecular flexibility index (Phi) is 17.5. The minimum absolute atomic E-state index is 0.144. The smallest absolute Gasteiger partial charge is 0.396 e. The van der Waals surface area contributed by atoms with Gasteiger partial charge in [0.2, 0.25) is 0 Å². The molecule has 22 heavy (non-hydrogen) atoms. The van der Waals surface area contributed by atoms with E-state index in [0.29, 0.717) is 0 Å². The number of hydrogen-bond acceptors (Lipinski definition) is 6. The van der Waals surface area contributed by atoms with Crippen molar-refractivity contribution in [1.82, 2.24) is 0 Å². The number of aliphatic hydroxyl groups is 3. The van der Waals surface area contributed by atoms with Crippen molar-refractivity contribution in [2.75, 3.05) is 41.2 Å². The van der Waals surface area contributed by atoms with Crippen LogP contribution in [0.1, 0.15) is 46.0 Å². The molecule has 0 aliphatic carbocycles. The minimum atomic E-state index is -1.67. The molecule has 0 bridgehead atoms. The van der Waals surface area contributed by atoms with Crippen molar-refractivity contribution in [2.45, 2.75) is 46.0 Å². The normalized spacial score (nSPS) is 13.0. The highest BCUT2D eigenvalue weighted by atomic mass is 28.3. The van der Waals surface area contributed by atoms with Crippen molar-refractivity contribution in [3.8, 4) is 0 Å². The molecule has 0 rings (SSSR count). The number of rotatable bonds is 12. The van der Waals surface area contributed by atoms with E-state index >= 15 is 0 Å². The maximum absolute atomic E-state index is 9.23. The predicted octanol–water partition coefficient (Wildman–Crippen LogP) is 1.20. The van der Waals surface area contributed by atoms with E-state index < -0.39 is 14.9 Å². The zero-order chi connectivity index (χ0) is 17.4. The first-order chi connectivity index (χ1) is 10.5. The van der Waals surface area contributed by atoms with Crippen LogP contribution in [0, 0.1) is 11.3 Å². The van der Waals surface area contributed by atoms with Gasteiger partial charge in [0, 0.05) is 26.7 Å². The Labute approximate surface area is 137 Å². The molecular formula is C15H36O6Si. The summed E-state index contributed by atoms with van der Waals surface area (Å²) < 4.78 is 14.2. The van der Waals surface area contributed by atoms with Gasteiger partial charge in [-0.3, -0.25) is 0 Å². The topological polar surface area (TPSA) is 88.4 Å². The van der Waals surface area contributed by atoms with Gasteiger partial charge in [-0.25, -0.2) is 0 Å². The van der Waals surface area contributed by atoms with Gasteiger partial charge in [-0.1, -0.05) is 39.5 Å². The van der Waals surface area contributed by atoms with Crippen LogP contribution < -0.4 is 0 Å². The van der Waals surface area contributed by atoms with Crippen LogP contribution in [-0.4, -0.2) is 66.0 Å². The molecule has 0 saturated heterocycles. The summed E-state index contributed by atoms with van der Waals surface area (Å²) in [5.41, 5.74) is -0.702. The lowest BCUT2D eigenvalue weighted by molar-refractivity contribution is -0.0361. The van der Waals surface area contributed by atoms with E-state index in [2.05, 4.69) is 6.92 Å². The lowest BCUT2D eigenvalue weighted by Gasteiger charge is -2.34. The minimum Gasteiger partial charge on any atom is -0.396 e. The lowest BCUT2D eigenvalue weighted by atomic mass is 9.76. The maximum atomic E-state index is 9.23. The van der Waals surface area contributed by atoms with Gasteiger partial charge < -0.3 is 28.6 Å². The third-order valence-electron chi connectivity index (χ3n) is 4.06. The summed E-state index contributed by atoms with van der Waals surface area (Å²) in [5.74, 6) is 0.161. The molecule has 0 aromatic heterocycles. The molecule has 0 aromatic carbocycles. The van der Waals surface area contributed by atoms with Crippen molar-refractivity contribution >= 4 is 9.53 Å². The van der Waals surface area contributed by atoms with Crippen LogP contribution in [0.4, 0.5) is 0 Å². The van der Waals surface area contributed by atoms with E-state index in [1.54, 1.807) is 21.3 Å². The summed E-state index contributed by atoms with van der Waals surface area (Å²) in [4.78, 5) is 0. The van der Waals surface area contributed by atoms with Crippen molar-refractivity contribution in [3.05, 3.63) is 0 Å². The molecule has 0 saturated carbocycles. The summed E-state index contributed by atoms with van der Waals surface area (Å²) >= 11 is 0. The molecule has 1 unspecified atom stereocenters. The molecule has 0 amide bonds. The highest BCUT2D eigenvalue weighted by Gasteiger charge is 2.34. The van der Waals surface area contributed by atoms with Crippen LogP contribution in [0.25, 0.3) is 0 Å². The monoisotopic (exact) mass is 340 g/mol. The second-order valence-corrected chi connectivity index (χ2v) is 7.57. The van der Waals surface area contributed by atoms with Crippen LogP contribution in [0.2, 0.25) is 0 Å². The van der Waals surface area contributed by atoms with E-state index in [-0.39, 0.29) is 25.7 Å². The molecule has 3 N–H and O–H groups in total. The second-order valence-electron chi connectivity index (χ2n) is 5.58. The molecule has 0 aliphatic rings. The highest BCUT2D eigenvalue weighted by Crippen LogP contribution is 2.30. The van der Waals surface area contributed by atoms with E-state index in [9.17, 15) is 15.3 Å². The van der Waals surface area contributed by atoms with Gasteiger partial charge in [0.15, 0.2) is 0 Å². The Morgan fingerprint density at radius 1 is 0.864 bits per heavy atom. The first-order valence-corrected chi connectivity index (χ1v) is 9.34. The van der Waals surface area contributed by atoms with Crippen LogP contribution in [0.3, 0.4) is 0 Å². The molecule has 136 valence electrons. The van der Waals surface area contributed by atoms with Crippen molar-refractivity contribution in [3.63, 3.8) is 0 Å². The molecule has 0 heterocycles. The average Bonchev–Trinajstić information content (AvgIpc) is 2.56. The Bertz CT molecular complexity index is 208. The van der Waals surface area contributed by atoms with Crippen LogP contribution in [-0.2, 0) is 13.3 Å². The van der Waals surface area contributed by atoms with Gasteiger partial charge in [-0.2, -0.15) is 0 Å². The van der Waals surface area contributed by atoms with Crippen molar-refractivity contribution in [1.29, 1.82) is 0 Å². The van der Waals surface area contributed by atoms with Crippen molar-refractivity contribution < 1.29 is 28.6 Å². The van der Waals surface area contributed by atoms with E-state index in [0.717, 1.165) is 12.8 Å². The van der Waals surface area contributed by atoms with Gasteiger partial charge in [0.1, 0.15) is 0 Å². The zero-order valence-electron chi connectivity index (χ0n) is 14.9. The Hall–Kier alpha value is -0.0231. The third-order valence-corrected chi connectivity index (χ3v) is 5.21. The van der Waals surface area contributed by atoms with Crippen LogP contribution in [0.5, 0.6) is 0 Å². The fourth-order valence-electron chi connectivity index (χ4n) is 2.09. The Balaban J connectivity index is 0. The molecule has 0 spiro atoms. The quantitative estimate of drug-likeness (QED) is 0.365. The van der Waals surface area contributed by atoms with E-state index in [4.69, 9.17) is 13.3 Å². The predicted molar refractivity (Wildman–Crippen MR) is 89.8 cm³/mol. The largest absolute Gasteiger partial charge is 0.483 e. The summed E-state index contributed by atoms with van der Waals surface area (Å²) in [5, 5.41) is 27.7. The van der Waals surface area contributed by atoms with Gasteiger partial charge in [-0.05, 0) is 12.3 Å². The van der Waals surface area contributed by atoms with Crippen molar-refractivity contribution in [2.24, 2.45) is 11.3 Å². The molecule has 1 atom stereocenters. The van der Waals surface area contributed by atoms with Gasteiger partial charge >= 0.3 is 9.53 Å². The molecule has 6 nitrogen and oxygen atoms in total. The van der Waals surface area contributed by atoms with Crippen LogP contribution >= 0.6 is 0 Å². The SMILES string of the molecule is CCCCCCC(C)C(CO)(CO)CO.CO[SiH](OC)OC. The third kappa shape index (κ3) is 9.89. The van der Waals surface area contributed by atoms with Gasteiger partial charge in [0.25, 0.3) is 0 Å². The maximum Gasteiger partial charge on any atom is 0.483 e. The molecular weight excluding hydrogens is 304 g/mol. The summed E-state index contributed by atoms with van der Waals surface area (Å²) in [7, 11) is 3.05. The lowest BCUT2D eigenvalue weighted by Crippen LogP contribution is -2.40. The summed E-state index contributed by atoms with van der Waals surface area (Å²) in [6.45, 7) is 3.73. The fourth-order valence-corrected chi connectivity index (χ4v) is 2.67. The molecule has 0 fully saturated rings. The fraction of sp³-hybridized carbons (Fsp3) is 1.00. The standard InChI is InChI=1S/C12H26O3.C3H10O3Si/c1-3-4-5-6-7-11(2)12(8-13,9-14)10-15;1-4-7(5-2)6-3/h11,13-15H,3-10H2,1-2H3;7H,1-3H3. The zero-order valence-corrected chi connectivity index (χ0v) is 16.0. The molecule has 7 heteroatoms. The molecule has 0 aromatic rings. The average molecular weight is 341 g/mol. The molecule has 0 radical (unpaired) electrons. The Morgan fingerprint density at radius 3 is 1.59 bits per heavy atom. The summed E-state index contributed by atoms with van der Waals surface area (Å²) in [6.07, 6.45) is 5.70. The first-order valence-electron chi connectivity index (χ1n) is 7.92. The second kappa shape index (κ2) is 15.9. The first kappa shape index (κ1) is 24.2. The summed E-state index contributed by atoms with van der Waals surface area (Å²) in [6, 6.07) is 0. The number of unbranched alkanes of at least 4 members (excludes halogenated alkanes) is 3. The molecule has 0 aliphatic heterocycles. The number of aliphatic hydroxyl groups excluding tert-OH is 3. The van der Waals surface area contributed by atoms with E-state index in [1.165, 1.54) is 19.3 Å². The highest BCUT2D eigenvalue weighted by molar-refractivity contribution is 6.36. The van der Waals surface area contributed by atoms with Gasteiger partial charge in [0.05, 0.1) is 19.8 Å². The van der Waals surface area contributed by atoms with Crippen LogP contribution in [0.15, 0.2) is 0 Å². The van der Waals surface area contributed by atoms with Gasteiger partial charge in [-0.15, -0.1) is 0 Å².